The van der Waals surface area contributed by atoms with Crippen LogP contribution in [0.1, 0.15) is 40.5 Å². The molecular weight excluding hydrogens is 256 g/mol. The van der Waals surface area contributed by atoms with Gasteiger partial charge >= 0.3 is 5.97 Å². The van der Waals surface area contributed by atoms with Crippen LogP contribution in [0, 0.1) is 11.8 Å². The molecule has 5 heteroatoms. The maximum atomic E-state index is 11.6. The van der Waals surface area contributed by atoms with Gasteiger partial charge in [-0.1, -0.05) is 34.3 Å². The lowest BCUT2D eigenvalue weighted by molar-refractivity contribution is -0.146. The Kier molecular flexibility index (Phi) is 9.25. The molecule has 0 radical (unpaired) electrons. The van der Waals surface area contributed by atoms with Gasteiger partial charge in [-0.2, -0.15) is 0 Å². The zero-order valence-electron chi connectivity index (χ0n) is 13.2. The number of carbonyl (C=O) groups excluding carboxylic acids is 1. The monoisotopic (exact) mass is 286 g/mol. The highest BCUT2D eigenvalue weighted by atomic mass is 16.6. The van der Waals surface area contributed by atoms with Crippen LogP contribution >= 0.6 is 0 Å². The average Bonchev–Trinajstić information content (AvgIpc) is 2.32. The molecule has 0 amide bonds. The second-order valence-corrected chi connectivity index (χ2v) is 5.95. The summed E-state index contributed by atoms with van der Waals surface area (Å²) in [5.74, 6) is 0.987. The first kappa shape index (κ1) is 18.9. The molecule has 0 saturated carbocycles. The molecule has 118 valence electrons. The lowest BCUT2D eigenvalue weighted by Crippen LogP contribution is -2.34. The van der Waals surface area contributed by atoms with Crippen molar-refractivity contribution >= 4 is 5.97 Å². The molecule has 0 aromatic rings. The van der Waals surface area contributed by atoms with E-state index < -0.39 is 6.04 Å². The van der Waals surface area contributed by atoms with E-state index in [1.54, 1.807) is 0 Å². The van der Waals surface area contributed by atoms with Crippen molar-refractivity contribution in [3.63, 3.8) is 0 Å². The van der Waals surface area contributed by atoms with E-state index >= 15 is 0 Å². The zero-order valence-corrected chi connectivity index (χ0v) is 13.2. The molecule has 0 aromatic heterocycles. The minimum absolute atomic E-state index is 0.165. The molecule has 0 saturated heterocycles. The Balaban J connectivity index is 3.80. The molecule has 0 aliphatic carbocycles. The van der Waals surface area contributed by atoms with Crippen LogP contribution in [0.2, 0.25) is 0 Å². The summed E-state index contributed by atoms with van der Waals surface area (Å²) in [5, 5.41) is 0. The first-order valence-corrected chi connectivity index (χ1v) is 7.23. The molecular formula is C15H30N2O3. The smallest absolute Gasteiger partial charge is 0.323 e. The van der Waals surface area contributed by atoms with Gasteiger partial charge in [0.25, 0.3) is 0 Å². The molecule has 0 aliphatic heterocycles. The summed E-state index contributed by atoms with van der Waals surface area (Å²) in [6.07, 6.45) is 1.43. The van der Waals surface area contributed by atoms with E-state index in [-0.39, 0.29) is 25.2 Å². The van der Waals surface area contributed by atoms with Crippen molar-refractivity contribution in [2.75, 3.05) is 13.2 Å². The molecule has 0 bridgehead atoms. The third-order valence-electron chi connectivity index (χ3n) is 2.78. The summed E-state index contributed by atoms with van der Waals surface area (Å²) >= 11 is 0. The minimum Gasteiger partial charge on any atom is -0.493 e. The van der Waals surface area contributed by atoms with E-state index in [2.05, 4.69) is 20.4 Å². The predicted octanol–water partition coefficient (Wildman–Crippen LogP) is 1.81. The molecule has 0 fully saturated rings. The fourth-order valence-corrected chi connectivity index (χ4v) is 1.77. The second kappa shape index (κ2) is 9.77. The standard InChI is InChI=1S/C15H30N2O3/c1-10(2)8-13(16)12(5)19-6-7-20-15(18)14(17)9-11(3)4/h10-11,13-14H,5-9,16-17H2,1-4H3. The fraction of sp³-hybridized carbons (Fsp3) is 0.800. The molecule has 0 aromatic carbocycles. The van der Waals surface area contributed by atoms with E-state index in [9.17, 15) is 4.79 Å². The van der Waals surface area contributed by atoms with E-state index in [1.165, 1.54) is 0 Å². The summed E-state index contributed by atoms with van der Waals surface area (Å²) in [4.78, 5) is 11.6. The Hall–Kier alpha value is -1.07. The van der Waals surface area contributed by atoms with E-state index in [4.69, 9.17) is 20.9 Å². The summed E-state index contributed by atoms with van der Waals surface area (Å²) in [6, 6.07) is -0.754. The van der Waals surface area contributed by atoms with Crippen LogP contribution in [0.5, 0.6) is 0 Å². The lowest BCUT2D eigenvalue weighted by atomic mass is 10.0. The summed E-state index contributed by atoms with van der Waals surface area (Å²) in [7, 11) is 0. The Morgan fingerprint density at radius 2 is 1.40 bits per heavy atom. The largest absolute Gasteiger partial charge is 0.493 e. The molecule has 2 unspecified atom stereocenters. The number of esters is 1. The van der Waals surface area contributed by atoms with Crippen LogP contribution in [0.25, 0.3) is 0 Å². The van der Waals surface area contributed by atoms with Gasteiger partial charge in [-0.25, -0.2) is 0 Å². The molecule has 0 heterocycles. The van der Waals surface area contributed by atoms with Gasteiger partial charge < -0.3 is 20.9 Å². The van der Waals surface area contributed by atoms with Crippen molar-refractivity contribution in [3.8, 4) is 0 Å². The topological polar surface area (TPSA) is 87.6 Å². The molecule has 0 aliphatic rings. The second-order valence-electron chi connectivity index (χ2n) is 5.95. The van der Waals surface area contributed by atoms with Gasteiger partial charge in [0.05, 0.1) is 6.04 Å². The molecule has 5 nitrogen and oxygen atoms in total. The lowest BCUT2D eigenvalue weighted by Gasteiger charge is -2.18. The number of carbonyl (C=O) groups is 1. The maximum Gasteiger partial charge on any atom is 0.323 e. The van der Waals surface area contributed by atoms with Crippen molar-refractivity contribution in [3.05, 3.63) is 12.3 Å². The van der Waals surface area contributed by atoms with Crippen LogP contribution in [-0.2, 0) is 14.3 Å². The van der Waals surface area contributed by atoms with Crippen molar-refractivity contribution in [2.24, 2.45) is 23.3 Å². The Bertz CT molecular complexity index is 273. The van der Waals surface area contributed by atoms with Crippen molar-refractivity contribution in [2.45, 2.75) is 52.6 Å². The molecule has 0 spiro atoms. The van der Waals surface area contributed by atoms with Crippen LogP contribution in [0.4, 0.5) is 0 Å². The Labute approximate surface area is 122 Å². The van der Waals surface area contributed by atoms with Crippen LogP contribution in [0.3, 0.4) is 0 Å². The summed E-state index contributed by atoms with van der Waals surface area (Å²) in [5.41, 5.74) is 11.6. The zero-order chi connectivity index (χ0) is 15.7. The number of rotatable bonds is 10. The summed E-state index contributed by atoms with van der Waals surface area (Å²) < 4.78 is 10.4. The van der Waals surface area contributed by atoms with Crippen molar-refractivity contribution in [1.29, 1.82) is 0 Å². The Morgan fingerprint density at radius 3 is 1.90 bits per heavy atom. The average molecular weight is 286 g/mol. The van der Waals surface area contributed by atoms with E-state index in [0.717, 1.165) is 6.42 Å². The first-order valence-electron chi connectivity index (χ1n) is 7.23. The molecule has 4 N–H and O–H groups in total. The fourth-order valence-electron chi connectivity index (χ4n) is 1.77. The molecule has 2 atom stereocenters. The number of hydrogen-bond donors (Lipinski definition) is 2. The number of nitrogens with two attached hydrogens (primary N) is 2. The van der Waals surface area contributed by atoms with Gasteiger partial charge in [-0.05, 0) is 24.7 Å². The van der Waals surface area contributed by atoms with Gasteiger partial charge in [0, 0.05) is 0 Å². The van der Waals surface area contributed by atoms with Gasteiger partial charge in [-0.15, -0.1) is 0 Å². The van der Waals surface area contributed by atoms with Crippen LogP contribution in [-0.4, -0.2) is 31.3 Å². The normalized spacial score (nSPS) is 14.2. The minimum atomic E-state index is -0.568. The maximum absolute atomic E-state index is 11.6. The first-order chi connectivity index (χ1) is 9.23. The SMILES string of the molecule is C=C(OCCOC(=O)C(N)CC(C)C)C(N)CC(C)C. The predicted molar refractivity (Wildman–Crippen MR) is 80.9 cm³/mol. The van der Waals surface area contributed by atoms with Gasteiger partial charge in [0.2, 0.25) is 0 Å². The highest BCUT2D eigenvalue weighted by Gasteiger charge is 2.16. The quantitative estimate of drug-likeness (QED) is 0.363. The third-order valence-corrected chi connectivity index (χ3v) is 2.78. The molecule has 0 rings (SSSR count). The van der Waals surface area contributed by atoms with E-state index in [1.807, 2.05) is 13.8 Å². The van der Waals surface area contributed by atoms with Crippen LogP contribution < -0.4 is 11.5 Å². The van der Waals surface area contributed by atoms with Crippen molar-refractivity contribution in [1.82, 2.24) is 0 Å². The van der Waals surface area contributed by atoms with Gasteiger partial charge in [0.15, 0.2) is 0 Å². The number of ether oxygens (including phenoxy) is 2. The van der Waals surface area contributed by atoms with E-state index in [0.29, 0.717) is 24.0 Å². The Morgan fingerprint density at radius 1 is 0.950 bits per heavy atom. The molecule has 20 heavy (non-hydrogen) atoms. The highest BCUT2D eigenvalue weighted by molar-refractivity contribution is 5.75. The van der Waals surface area contributed by atoms with Crippen molar-refractivity contribution < 1.29 is 14.3 Å². The summed E-state index contributed by atoms with van der Waals surface area (Å²) in [6.45, 7) is 12.4. The van der Waals surface area contributed by atoms with Gasteiger partial charge in [0.1, 0.15) is 25.0 Å². The third kappa shape index (κ3) is 8.93. The highest BCUT2D eigenvalue weighted by Crippen LogP contribution is 2.10. The van der Waals surface area contributed by atoms with Gasteiger partial charge in [-0.3, -0.25) is 4.79 Å². The number of hydrogen-bond acceptors (Lipinski definition) is 5. The van der Waals surface area contributed by atoms with Crippen LogP contribution in [0.15, 0.2) is 12.3 Å².